The standard InChI is InChI=1S/C14H23BClNO2/c1-13(2)9-7-10(13)14(3)11(8-9)18-15(19-14)12-5-4-6-17(12)16/h9-12H,4-8H2,1-3H3/t9?,10-,11+,12-,14-/m0/s1. The Balaban J connectivity index is 1.57. The molecular formula is C14H23BClNO2. The lowest BCUT2D eigenvalue weighted by Gasteiger charge is -2.64. The van der Waals surface area contributed by atoms with E-state index < -0.39 is 0 Å². The van der Waals surface area contributed by atoms with Crippen molar-refractivity contribution < 1.29 is 9.31 Å². The average molecular weight is 284 g/mol. The van der Waals surface area contributed by atoms with E-state index in [1.807, 2.05) is 4.42 Å². The highest BCUT2D eigenvalue weighted by Gasteiger charge is 2.68. The van der Waals surface area contributed by atoms with Gasteiger partial charge < -0.3 is 9.31 Å². The van der Waals surface area contributed by atoms with Crippen molar-refractivity contribution in [1.82, 2.24) is 4.42 Å². The van der Waals surface area contributed by atoms with E-state index in [0.717, 1.165) is 31.7 Å². The SMILES string of the molecule is CC1(C)C2C[C@H]3OB([C@@H]4CCCN4Cl)O[C@@]3(C)[C@H]1C2. The van der Waals surface area contributed by atoms with E-state index in [-0.39, 0.29) is 24.8 Å². The smallest absolute Gasteiger partial charge is 0.404 e. The third kappa shape index (κ3) is 1.58. The maximum atomic E-state index is 6.44. The van der Waals surface area contributed by atoms with Gasteiger partial charge in [-0.15, -0.1) is 0 Å². The van der Waals surface area contributed by atoms with Crippen LogP contribution < -0.4 is 0 Å². The summed E-state index contributed by atoms with van der Waals surface area (Å²) in [4.78, 5) is 0. The van der Waals surface area contributed by atoms with E-state index in [4.69, 9.17) is 21.1 Å². The van der Waals surface area contributed by atoms with Crippen LogP contribution in [0.4, 0.5) is 0 Å². The Morgan fingerprint density at radius 1 is 1.26 bits per heavy atom. The van der Waals surface area contributed by atoms with Crippen molar-refractivity contribution in [3.8, 4) is 0 Å². The topological polar surface area (TPSA) is 21.7 Å². The predicted octanol–water partition coefficient (Wildman–Crippen LogP) is 2.87. The molecule has 5 fully saturated rings. The van der Waals surface area contributed by atoms with Crippen LogP contribution in [0.2, 0.25) is 0 Å². The van der Waals surface area contributed by atoms with Gasteiger partial charge in [0.25, 0.3) is 0 Å². The second-order valence-electron chi connectivity index (χ2n) is 7.67. The van der Waals surface area contributed by atoms with Gasteiger partial charge in [-0.25, -0.2) is 4.42 Å². The van der Waals surface area contributed by atoms with Crippen LogP contribution in [0.5, 0.6) is 0 Å². The molecule has 19 heavy (non-hydrogen) atoms. The van der Waals surface area contributed by atoms with Gasteiger partial charge in [0.15, 0.2) is 0 Å². The summed E-state index contributed by atoms with van der Waals surface area (Å²) in [5.41, 5.74) is 0.322. The molecule has 1 unspecified atom stereocenters. The van der Waals surface area contributed by atoms with Gasteiger partial charge in [-0.2, -0.15) is 0 Å². The summed E-state index contributed by atoms with van der Waals surface area (Å²) in [6, 6.07) is 0. The van der Waals surface area contributed by atoms with Crippen LogP contribution in [0.3, 0.4) is 0 Å². The summed E-state index contributed by atoms with van der Waals surface area (Å²) >= 11 is 6.28. The molecule has 0 aromatic rings. The summed E-state index contributed by atoms with van der Waals surface area (Å²) < 4.78 is 14.6. The highest BCUT2D eigenvalue weighted by Crippen LogP contribution is 2.65. The Bertz CT molecular complexity index is 407. The minimum Gasteiger partial charge on any atom is -0.404 e. The summed E-state index contributed by atoms with van der Waals surface area (Å²) in [5, 5.41) is 0. The zero-order valence-corrected chi connectivity index (χ0v) is 12.8. The zero-order chi connectivity index (χ0) is 13.4. The molecule has 2 saturated heterocycles. The molecule has 3 aliphatic carbocycles. The molecule has 5 rings (SSSR count). The molecule has 0 spiro atoms. The fourth-order valence-electron chi connectivity index (χ4n) is 5.09. The molecule has 3 saturated carbocycles. The molecule has 0 radical (unpaired) electrons. The first-order chi connectivity index (χ1) is 8.93. The Hall–Kier alpha value is 0.235. The highest BCUT2D eigenvalue weighted by atomic mass is 35.5. The molecule has 2 bridgehead atoms. The van der Waals surface area contributed by atoms with E-state index in [2.05, 4.69) is 20.8 Å². The quantitative estimate of drug-likeness (QED) is 0.546. The highest BCUT2D eigenvalue weighted by molar-refractivity contribution is 6.48. The van der Waals surface area contributed by atoms with E-state index in [1.54, 1.807) is 0 Å². The first-order valence-corrected chi connectivity index (χ1v) is 8.02. The second kappa shape index (κ2) is 3.91. The molecule has 2 heterocycles. The van der Waals surface area contributed by atoms with Crippen LogP contribution in [0.1, 0.15) is 46.5 Å². The van der Waals surface area contributed by atoms with Crippen LogP contribution in [0.15, 0.2) is 0 Å². The lowest BCUT2D eigenvalue weighted by Crippen LogP contribution is -2.65. The predicted molar refractivity (Wildman–Crippen MR) is 75.7 cm³/mol. The van der Waals surface area contributed by atoms with Crippen molar-refractivity contribution in [2.45, 2.75) is 64.1 Å². The Morgan fingerprint density at radius 2 is 2.05 bits per heavy atom. The summed E-state index contributed by atoms with van der Waals surface area (Å²) in [7, 11) is -0.120. The van der Waals surface area contributed by atoms with Crippen molar-refractivity contribution in [2.24, 2.45) is 17.3 Å². The molecule has 5 heteroatoms. The van der Waals surface area contributed by atoms with Crippen LogP contribution in [-0.4, -0.2) is 35.7 Å². The molecule has 0 aromatic heterocycles. The number of halogens is 1. The fraction of sp³-hybridized carbons (Fsp3) is 1.00. The van der Waals surface area contributed by atoms with Crippen molar-refractivity contribution in [3.05, 3.63) is 0 Å². The molecule has 0 amide bonds. The maximum absolute atomic E-state index is 6.44. The lowest BCUT2D eigenvalue weighted by atomic mass is 9.43. The first-order valence-electron chi connectivity index (χ1n) is 7.68. The molecule has 106 valence electrons. The van der Waals surface area contributed by atoms with E-state index >= 15 is 0 Å². The monoisotopic (exact) mass is 283 g/mol. The Labute approximate surface area is 121 Å². The number of hydrogen-bond donors (Lipinski definition) is 0. The van der Waals surface area contributed by atoms with Crippen molar-refractivity contribution >= 4 is 18.9 Å². The normalized spacial score (nSPS) is 52.1. The fourth-order valence-corrected chi connectivity index (χ4v) is 5.40. The summed E-state index contributed by atoms with van der Waals surface area (Å²) in [6.07, 6.45) is 4.99. The molecule has 3 nitrogen and oxygen atoms in total. The van der Waals surface area contributed by atoms with Crippen molar-refractivity contribution in [3.63, 3.8) is 0 Å². The summed E-state index contributed by atoms with van der Waals surface area (Å²) in [5.74, 6) is 1.69. The van der Waals surface area contributed by atoms with Crippen LogP contribution in [0.25, 0.3) is 0 Å². The molecule has 5 atom stereocenters. The molecular weight excluding hydrogens is 260 g/mol. The van der Waals surface area contributed by atoms with Gasteiger partial charge in [0.2, 0.25) is 0 Å². The van der Waals surface area contributed by atoms with Gasteiger partial charge in [-0.1, -0.05) is 13.8 Å². The number of rotatable bonds is 1. The van der Waals surface area contributed by atoms with Gasteiger partial charge in [0, 0.05) is 6.54 Å². The Morgan fingerprint density at radius 3 is 2.68 bits per heavy atom. The average Bonchev–Trinajstić information content (AvgIpc) is 2.90. The van der Waals surface area contributed by atoms with Crippen molar-refractivity contribution in [2.75, 3.05) is 6.54 Å². The van der Waals surface area contributed by atoms with Crippen LogP contribution in [0, 0.1) is 17.3 Å². The van der Waals surface area contributed by atoms with E-state index in [9.17, 15) is 0 Å². The minimum absolute atomic E-state index is 0.0940. The first kappa shape index (κ1) is 12.9. The van der Waals surface area contributed by atoms with Gasteiger partial charge >= 0.3 is 7.12 Å². The largest absolute Gasteiger partial charge is 0.477 e. The van der Waals surface area contributed by atoms with Gasteiger partial charge in [0.1, 0.15) is 0 Å². The second-order valence-corrected chi connectivity index (χ2v) is 8.10. The summed E-state index contributed by atoms with van der Waals surface area (Å²) in [6.45, 7) is 8.02. The van der Waals surface area contributed by atoms with Crippen LogP contribution >= 0.6 is 11.8 Å². The van der Waals surface area contributed by atoms with Crippen molar-refractivity contribution in [1.29, 1.82) is 0 Å². The molecule has 2 aliphatic heterocycles. The maximum Gasteiger partial charge on any atom is 0.477 e. The Kier molecular flexibility index (Phi) is 2.66. The lowest BCUT2D eigenvalue weighted by molar-refractivity contribution is -0.199. The third-order valence-corrected chi connectivity index (χ3v) is 6.93. The van der Waals surface area contributed by atoms with Gasteiger partial charge in [-0.3, -0.25) is 0 Å². The molecule has 5 aliphatic rings. The molecule has 0 aromatic carbocycles. The van der Waals surface area contributed by atoms with E-state index in [0.29, 0.717) is 11.3 Å². The van der Waals surface area contributed by atoms with E-state index in [1.165, 1.54) is 6.42 Å². The van der Waals surface area contributed by atoms with Crippen LogP contribution in [-0.2, 0) is 9.31 Å². The molecule has 0 N–H and O–H groups in total. The minimum atomic E-state index is -0.120. The number of hydrogen-bond acceptors (Lipinski definition) is 3. The zero-order valence-electron chi connectivity index (χ0n) is 12.1. The number of nitrogens with zero attached hydrogens (tertiary/aromatic N) is 1. The van der Waals surface area contributed by atoms with Gasteiger partial charge in [0.05, 0.1) is 17.6 Å². The van der Waals surface area contributed by atoms with Gasteiger partial charge in [-0.05, 0) is 61.6 Å². The third-order valence-electron chi connectivity index (χ3n) is 6.51.